The normalized spacial score (nSPS) is 18.9. The molecule has 0 saturated carbocycles. The Morgan fingerprint density at radius 3 is 2.34 bits per heavy atom. The van der Waals surface area contributed by atoms with Crippen molar-refractivity contribution in [1.82, 2.24) is 4.90 Å². The summed E-state index contributed by atoms with van der Waals surface area (Å²) in [5, 5.41) is 0. The first-order valence-corrected chi connectivity index (χ1v) is 11.7. The van der Waals surface area contributed by atoms with Crippen molar-refractivity contribution in [2.24, 2.45) is 0 Å². The van der Waals surface area contributed by atoms with Gasteiger partial charge in [-0.1, -0.05) is 23.8 Å². The average Bonchev–Trinajstić information content (AvgIpc) is 3.07. The quantitative estimate of drug-likeness (QED) is 0.776. The molecule has 2 aliphatic heterocycles. The van der Waals surface area contributed by atoms with Gasteiger partial charge in [-0.25, -0.2) is 8.42 Å². The van der Waals surface area contributed by atoms with Gasteiger partial charge in [-0.2, -0.15) is 0 Å². The molecule has 2 heterocycles. The van der Waals surface area contributed by atoms with Gasteiger partial charge in [0.1, 0.15) is 0 Å². The molecule has 1 amide bonds. The minimum Gasteiger partial charge on any atom is -0.368 e. The second-order valence-electron chi connectivity index (χ2n) is 7.86. The first kappa shape index (κ1) is 19.8. The summed E-state index contributed by atoms with van der Waals surface area (Å²) in [5.74, 6) is 0.134. The third-order valence-electron chi connectivity index (χ3n) is 5.74. The third kappa shape index (κ3) is 3.96. The minimum absolute atomic E-state index is 0.0382. The van der Waals surface area contributed by atoms with E-state index in [-0.39, 0.29) is 11.7 Å². The molecule has 0 unspecified atom stereocenters. The number of carbonyl (C=O) groups is 1. The molecule has 0 aromatic heterocycles. The van der Waals surface area contributed by atoms with Crippen LogP contribution in [0.1, 0.15) is 27.9 Å². The van der Waals surface area contributed by atoms with Crippen molar-refractivity contribution < 1.29 is 13.2 Å². The van der Waals surface area contributed by atoms with Gasteiger partial charge in [0, 0.05) is 44.0 Å². The maximum atomic E-state index is 13.0. The van der Waals surface area contributed by atoms with Crippen LogP contribution >= 0.6 is 0 Å². The lowest BCUT2D eigenvalue weighted by Gasteiger charge is -2.37. The van der Waals surface area contributed by atoms with Gasteiger partial charge in [0.2, 0.25) is 10.0 Å². The maximum Gasteiger partial charge on any atom is 0.254 e. The van der Waals surface area contributed by atoms with Crippen molar-refractivity contribution in [1.29, 1.82) is 0 Å². The van der Waals surface area contributed by atoms with Crippen LogP contribution < -0.4 is 9.21 Å². The summed E-state index contributed by atoms with van der Waals surface area (Å²) in [7, 11) is -3.25. The van der Waals surface area contributed by atoms with Crippen LogP contribution in [-0.4, -0.2) is 57.7 Å². The molecular weight excluding hydrogens is 386 g/mol. The molecule has 154 valence electrons. The molecule has 0 radical (unpaired) electrons. The average molecular weight is 414 g/mol. The molecule has 4 rings (SSSR count). The summed E-state index contributed by atoms with van der Waals surface area (Å²) < 4.78 is 25.8. The van der Waals surface area contributed by atoms with Gasteiger partial charge in [0.25, 0.3) is 5.91 Å². The fourth-order valence-electron chi connectivity index (χ4n) is 4.22. The first-order chi connectivity index (χ1) is 13.8. The van der Waals surface area contributed by atoms with Crippen LogP contribution in [-0.2, 0) is 10.0 Å². The Bertz CT molecular complexity index is 1030. The van der Waals surface area contributed by atoms with Gasteiger partial charge >= 0.3 is 0 Å². The molecule has 2 fully saturated rings. The molecular formula is C22H27N3O3S. The van der Waals surface area contributed by atoms with Crippen molar-refractivity contribution in [3.63, 3.8) is 0 Å². The predicted molar refractivity (Wildman–Crippen MR) is 116 cm³/mol. The van der Waals surface area contributed by atoms with Crippen molar-refractivity contribution in [2.45, 2.75) is 20.3 Å². The zero-order valence-electron chi connectivity index (χ0n) is 17.0. The largest absolute Gasteiger partial charge is 0.368 e. The number of hydrogen-bond donors (Lipinski definition) is 0. The molecule has 0 spiro atoms. The molecule has 2 aliphatic rings. The fraction of sp³-hybridized carbons (Fsp3) is 0.409. The lowest BCUT2D eigenvalue weighted by molar-refractivity contribution is 0.0747. The third-order valence-corrected chi connectivity index (χ3v) is 7.61. The lowest BCUT2D eigenvalue weighted by Crippen LogP contribution is -2.49. The van der Waals surface area contributed by atoms with E-state index < -0.39 is 10.0 Å². The number of anilines is 2. The summed E-state index contributed by atoms with van der Waals surface area (Å²) >= 11 is 0. The molecule has 2 aromatic rings. The van der Waals surface area contributed by atoms with Gasteiger partial charge in [0.15, 0.2) is 0 Å². The Morgan fingerprint density at radius 2 is 1.69 bits per heavy atom. The monoisotopic (exact) mass is 413 g/mol. The molecule has 2 saturated heterocycles. The number of piperazine rings is 1. The van der Waals surface area contributed by atoms with Gasteiger partial charge in [-0.3, -0.25) is 9.10 Å². The van der Waals surface area contributed by atoms with Gasteiger partial charge in [-0.15, -0.1) is 0 Å². The molecule has 0 bridgehead atoms. The SMILES string of the molecule is Cc1ccc(N2CCN(C(=O)c3cccc(N4CCCS4(=O)=O)c3)CC2)c(C)c1. The Kier molecular flexibility index (Phi) is 5.25. The molecule has 2 aromatic carbocycles. The van der Waals surface area contributed by atoms with Crippen LogP contribution in [0, 0.1) is 13.8 Å². The zero-order valence-corrected chi connectivity index (χ0v) is 17.8. The summed E-state index contributed by atoms with van der Waals surface area (Å²) in [6.45, 7) is 7.57. The van der Waals surface area contributed by atoms with E-state index in [0.717, 1.165) is 13.1 Å². The molecule has 0 N–H and O–H groups in total. The number of rotatable bonds is 3. The molecule has 7 heteroatoms. The van der Waals surface area contributed by atoms with Crippen molar-refractivity contribution >= 4 is 27.3 Å². The van der Waals surface area contributed by atoms with E-state index in [1.807, 2.05) is 4.90 Å². The highest BCUT2D eigenvalue weighted by molar-refractivity contribution is 7.93. The number of amides is 1. The number of sulfonamides is 1. The summed E-state index contributed by atoms with van der Waals surface area (Å²) in [5.41, 5.74) is 4.86. The fourth-order valence-corrected chi connectivity index (χ4v) is 5.77. The highest BCUT2D eigenvalue weighted by Crippen LogP contribution is 2.26. The van der Waals surface area contributed by atoms with E-state index >= 15 is 0 Å². The van der Waals surface area contributed by atoms with E-state index in [0.29, 0.717) is 37.3 Å². The Balaban J connectivity index is 1.45. The molecule has 0 aliphatic carbocycles. The van der Waals surface area contributed by atoms with Crippen molar-refractivity contribution in [2.75, 3.05) is 47.7 Å². The first-order valence-electron chi connectivity index (χ1n) is 10.1. The second kappa shape index (κ2) is 7.71. The Labute approximate surface area is 172 Å². The maximum absolute atomic E-state index is 13.0. The summed E-state index contributed by atoms with van der Waals surface area (Å²) in [4.78, 5) is 17.2. The van der Waals surface area contributed by atoms with E-state index in [1.54, 1.807) is 24.3 Å². The van der Waals surface area contributed by atoms with Crippen LogP contribution in [0.5, 0.6) is 0 Å². The topological polar surface area (TPSA) is 60.9 Å². The van der Waals surface area contributed by atoms with Gasteiger partial charge < -0.3 is 9.80 Å². The number of nitrogens with zero attached hydrogens (tertiary/aromatic N) is 3. The van der Waals surface area contributed by atoms with Crippen LogP contribution in [0.15, 0.2) is 42.5 Å². The van der Waals surface area contributed by atoms with Crippen LogP contribution in [0.3, 0.4) is 0 Å². The van der Waals surface area contributed by atoms with Crippen molar-refractivity contribution in [3.05, 3.63) is 59.2 Å². The number of hydrogen-bond acceptors (Lipinski definition) is 4. The minimum atomic E-state index is -3.25. The molecule has 29 heavy (non-hydrogen) atoms. The van der Waals surface area contributed by atoms with Crippen LogP contribution in [0.4, 0.5) is 11.4 Å². The lowest BCUT2D eigenvalue weighted by atomic mass is 10.1. The van der Waals surface area contributed by atoms with Crippen LogP contribution in [0.2, 0.25) is 0 Å². The number of aryl methyl sites for hydroxylation is 2. The van der Waals surface area contributed by atoms with Gasteiger partial charge in [-0.05, 0) is 50.1 Å². The van der Waals surface area contributed by atoms with Crippen LogP contribution in [0.25, 0.3) is 0 Å². The highest BCUT2D eigenvalue weighted by Gasteiger charge is 2.29. The summed E-state index contributed by atoms with van der Waals surface area (Å²) in [6, 6.07) is 13.5. The van der Waals surface area contributed by atoms with E-state index in [9.17, 15) is 13.2 Å². The smallest absolute Gasteiger partial charge is 0.254 e. The highest BCUT2D eigenvalue weighted by atomic mass is 32.2. The van der Waals surface area contributed by atoms with E-state index in [1.165, 1.54) is 21.1 Å². The number of benzene rings is 2. The predicted octanol–water partition coefficient (Wildman–Crippen LogP) is 2.81. The molecule has 6 nitrogen and oxygen atoms in total. The Hall–Kier alpha value is -2.54. The number of carbonyl (C=O) groups excluding carboxylic acids is 1. The second-order valence-corrected chi connectivity index (χ2v) is 9.87. The summed E-state index contributed by atoms with van der Waals surface area (Å²) in [6.07, 6.45) is 0.626. The standard InChI is InChI=1S/C22H27N3O3S/c1-17-7-8-21(18(2)15-17)23-10-12-24(13-11-23)22(26)19-5-3-6-20(16-19)25-9-4-14-29(25,27)28/h3,5-8,15-16H,4,9-14H2,1-2H3. The zero-order chi connectivity index (χ0) is 20.6. The van der Waals surface area contributed by atoms with Crippen molar-refractivity contribution in [3.8, 4) is 0 Å². The van der Waals surface area contributed by atoms with Gasteiger partial charge in [0.05, 0.1) is 11.4 Å². The van der Waals surface area contributed by atoms with E-state index in [4.69, 9.17) is 0 Å². The molecule has 0 atom stereocenters. The van der Waals surface area contributed by atoms with E-state index in [2.05, 4.69) is 36.9 Å². The Morgan fingerprint density at radius 1 is 0.931 bits per heavy atom.